The van der Waals surface area contributed by atoms with E-state index in [1.807, 2.05) is 0 Å². The quantitative estimate of drug-likeness (QED) is 0.0150. The van der Waals surface area contributed by atoms with E-state index in [1.54, 1.807) is 146 Å². The molecule has 0 amide bonds. The molecule has 0 atom stereocenters. The highest BCUT2D eigenvalue weighted by atomic mass is 16.6. The first-order chi connectivity index (χ1) is 48.5. The highest BCUT2D eigenvalue weighted by molar-refractivity contribution is 6.00. The third-order valence-corrected chi connectivity index (χ3v) is 15.7. The second kappa shape index (κ2) is 44.9. The van der Waals surface area contributed by atoms with Gasteiger partial charge in [-0.3, -0.25) is 0 Å². The normalized spacial score (nSPS) is 10.8. The number of hydrogen-bond acceptors (Lipinski definition) is 18. The Morgan fingerprint density at radius 3 is 0.596 bits per heavy atom. The van der Waals surface area contributed by atoms with Crippen LogP contribution >= 0.6 is 0 Å². The Labute approximate surface area is 582 Å². The van der Waals surface area contributed by atoms with Gasteiger partial charge >= 0.3 is 35.8 Å². The molecule has 0 aliphatic rings. The van der Waals surface area contributed by atoms with Crippen molar-refractivity contribution in [3.63, 3.8) is 0 Å². The molecule has 0 fully saturated rings. The summed E-state index contributed by atoms with van der Waals surface area (Å²) in [5, 5.41) is 0. The van der Waals surface area contributed by atoms with Gasteiger partial charge in [-0.2, -0.15) is 0 Å². The summed E-state index contributed by atoms with van der Waals surface area (Å²) >= 11 is 0. The van der Waals surface area contributed by atoms with Crippen LogP contribution < -0.4 is 42.6 Å². The largest absolute Gasteiger partial charge is 0.494 e. The van der Waals surface area contributed by atoms with Gasteiger partial charge < -0.3 is 56.8 Å². The lowest BCUT2D eigenvalue weighted by Gasteiger charge is -2.11. The van der Waals surface area contributed by atoms with Crippen molar-refractivity contribution in [2.75, 3.05) is 59.5 Å². The van der Waals surface area contributed by atoms with Crippen LogP contribution in [0.15, 0.2) is 164 Å². The average Bonchev–Trinajstić information content (AvgIpc) is 0.848. The number of rotatable bonds is 48. The molecule has 7 aromatic carbocycles. The summed E-state index contributed by atoms with van der Waals surface area (Å²) in [6, 6.07) is 45.4. The number of carbonyl (C=O) groups is 6. The summed E-state index contributed by atoms with van der Waals surface area (Å²) in [5.41, 5.74) is 1.21. The van der Waals surface area contributed by atoms with Crippen LogP contribution in [-0.2, 0) is 14.2 Å². The molecule has 7 aromatic rings. The minimum atomic E-state index is -0.696. The van der Waals surface area contributed by atoms with E-state index in [-0.39, 0.29) is 36.5 Å². The van der Waals surface area contributed by atoms with Crippen molar-refractivity contribution in [2.45, 2.75) is 156 Å². The van der Waals surface area contributed by atoms with Crippen LogP contribution in [0.5, 0.6) is 51.7 Å². The van der Waals surface area contributed by atoms with Crippen molar-refractivity contribution in [1.29, 1.82) is 0 Å². The molecule has 0 bridgehead atoms. The second-order valence-corrected chi connectivity index (χ2v) is 23.8. The Hall–Kier alpha value is -9.84. The SMILES string of the molecule is CCCCCOc1ccc(OC(=O)c2ccc(OCCCCCCOC(=O)c3cc(C(=O)OCCCCCCOc4ccc(C(=O)Oc5ccc(OCCCCC)cc5)cc4)cc(C(=O)OCCCCCCOc4ccc(C(=O)Oc5ccc(OCCCCC)cc5)cc4)c3)cc2)cc1. The summed E-state index contributed by atoms with van der Waals surface area (Å²) in [6.45, 7) is 10.0. The van der Waals surface area contributed by atoms with E-state index < -0.39 is 35.8 Å². The number of carbonyl (C=O) groups excluding carboxylic acids is 6. The molecule has 0 saturated heterocycles. The van der Waals surface area contributed by atoms with Crippen LogP contribution in [-0.4, -0.2) is 95.3 Å². The van der Waals surface area contributed by atoms with Gasteiger partial charge in [0.1, 0.15) is 51.7 Å². The van der Waals surface area contributed by atoms with Crippen LogP contribution in [0.3, 0.4) is 0 Å². The Morgan fingerprint density at radius 1 is 0.202 bits per heavy atom. The van der Waals surface area contributed by atoms with Crippen LogP contribution in [0.25, 0.3) is 0 Å². The molecule has 0 radical (unpaired) electrons. The standard InChI is InChI=1S/C81H96O18/c1-4-7-16-49-88-70-37-43-73(44-38-70)97-79(85)61-25-31-67(32-26-61)91-52-19-10-13-22-55-94-76(82)64-58-65(77(83)95-56-23-14-11-20-53-92-68-33-27-62(28-34-68)80(86)98-74-45-39-71(40-46-74)89-50-17-8-5-2)60-66(59-64)78(84)96-57-24-15-12-21-54-93-69-35-29-63(30-36-69)81(87)99-75-47-41-72(42-48-75)90-51-18-9-6-3/h25-48,58-60H,4-24,49-57H2,1-3H3. The van der Waals surface area contributed by atoms with Gasteiger partial charge in [-0.1, -0.05) is 59.3 Å². The Kier molecular flexibility index (Phi) is 34.7. The van der Waals surface area contributed by atoms with E-state index in [2.05, 4.69) is 20.8 Å². The van der Waals surface area contributed by atoms with Crippen molar-refractivity contribution < 1.29 is 85.6 Å². The van der Waals surface area contributed by atoms with Crippen molar-refractivity contribution in [1.82, 2.24) is 0 Å². The summed E-state index contributed by atoms with van der Waals surface area (Å²) in [5.74, 6) is 1.77. The summed E-state index contributed by atoms with van der Waals surface area (Å²) in [7, 11) is 0. The van der Waals surface area contributed by atoms with Crippen LogP contribution in [0.1, 0.15) is 218 Å². The van der Waals surface area contributed by atoms with Crippen molar-refractivity contribution in [2.24, 2.45) is 0 Å². The van der Waals surface area contributed by atoms with Gasteiger partial charge in [0.25, 0.3) is 0 Å². The van der Waals surface area contributed by atoms with Crippen LogP contribution in [0.2, 0.25) is 0 Å². The first-order valence-corrected chi connectivity index (χ1v) is 35.2. The molecule has 0 saturated carbocycles. The maximum absolute atomic E-state index is 13.5. The highest BCUT2D eigenvalue weighted by Gasteiger charge is 2.20. The molecule has 0 N–H and O–H groups in total. The molecule has 18 nitrogen and oxygen atoms in total. The maximum atomic E-state index is 13.5. The Morgan fingerprint density at radius 2 is 0.384 bits per heavy atom. The number of hydrogen-bond donors (Lipinski definition) is 0. The van der Waals surface area contributed by atoms with Crippen molar-refractivity contribution in [3.05, 3.63) is 197 Å². The first kappa shape index (κ1) is 76.5. The first-order valence-electron chi connectivity index (χ1n) is 35.2. The van der Waals surface area contributed by atoms with E-state index in [9.17, 15) is 28.8 Å². The van der Waals surface area contributed by atoms with E-state index in [4.69, 9.17) is 56.8 Å². The molecule has 0 aromatic heterocycles. The molecule has 528 valence electrons. The molecular weight excluding hydrogens is 1260 g/mol. The predicted molar refractivity (Wildman–Crippen MR) is 378 cm³/mol. The third-order valence-electron chi connectivity index (χ3n) is 15.7. The molecule has 0 heterocycles. The predicted octanol–water partition coefficient (Wildman–Crippen LogP) is 18.4. The highest BCUT2D eigenvalue weighted by Crippen LogP contribution is 2.25. The number of ether oxygens (including phenoxy) is 12. The lowest BCUT2D eigenvalue weighted by molar-refractivity contribution is 0.0490. The molecule has 0 spiro atoms. The van der Waals surface area contributed by atoms with E-state index >= 15 is 0 Å². The fourth-order valence-electron chi connectivity index (χ4n) is 9.97. The molecular formula is C81H96O18. The van der Waals surface area contributed by atoms with E-state index in [0.29, 0.717) is 110 Å². The lowest BCUT2D eigenvalue weighted by atomic mass is 10.1. The van der Waals surface area contributed by atoms with Gasteiger partial charge in [-0.15, -0.1) is 0 Å². The molecule has 0 aliphatic heterocycles. The van der Waals surface area contributed by atoms with Gasteiger partial charge in [-0.25, -0.2) is 28.8 Å². The monoisotopic (exact) mass is 1360 g/mol. The second-order valence-electron chi connectivity index (χ2n) is 23.8. The van der Waals surface area contributed by atoms with E-state index in [0.717, 1.165) is 133 Å². The zero-order valence-electron chi connectivity index (χ0n) is 57.7. The van der Waals surface area contributed by atoms with Gasteiger partial charge in [0.15, 0.2) is 0 Å². The van der Waals surface area contributed by atoms with Gasteiger partial charge in [0, 0.05) is 0 Å². The van der Waals surface area contributed by atoms with E-state index in [1.165, 1.54) is 18.2 Å². The minimum Gasteiger partial charge on any atom is -0.494 e. The topological polar surface area (TPSA) is 213 Å². The number of benzene rings is 7. The zero-order chi connectivity index (χ0) is 69.9. The van der Waals surface area contributed by atoms with Crippen molar-refractivity contribution in [3.8, 4) is 51.7 Å². The smallest absolute Gasteiger partial charge is 0.343 e. The maximum Gasteiger partial charge on any atom is 0.343 e. The fourth-order valence-corrected chi connectivity index (χ4v) is 9.97. The fraction of sp³-hybridized carbons (Fsp3) is 0.407. The van der Waals surface area contributed by atoms with Gasteiger partial charge in [0.05, 0.1) is 92.8 Å². The van der Waals surface area contributed by atoms with Crippen molar-refractivity contribution >= 4 is 35.8 Å². The number of unbranched alkanes of at least 4 members (excludes halogenated alkanes) is 15. The third kappa shape index (κ3) is 29.4. The molecule has 99 heavy (non-hydrogen) atoms. The molecule has 0 unspecified atom stereocenters. The van der Waals surface area contributed by atoms with Crippen LogP contribution in [0, 0.1) is 0 Å². The summed E-state index contributed by atoms with van der Waals surface area (Å²) in [6.07, 6.45) is 18.2. The number of esters is 6. The van der Waals surface area contributed by atoms with Gasteiger partial charge in [-0.05, 0) is 260 Å². The molecule has 0 aliphatic carbocycles. The zero-order valence-corrected chi connectivity index (χ0v) is 57.7. The Balaban J connectivity index is 0.801. The summed E-state index contributed by atoms with van der Waals surface area (Å²) in [4.78, 5) is 78.9. The van der Waals surface area contributed by atoms with Crippen LogP contribution in [0.4, 0.5) is 0 Å². The molecule has 18 heteroatoms. The molecule has 7 rings (SSSR count). The lowest BCUT2D eigenvalue weighted by Crippen LogP contribution is -2.14. The minimum absolute atomic E-state index is 0.0140. The van der Waals surface area contributed by atoms with Gasteiger partial charge in [0.2, 0.25) is 0 Å². The summed E-state index contributed by atoms with van der Waals surface area (Å²) < 4.78 is 68.5. The average molecular weight is 1360 g/mol. The Bertz CT molecular complexity index is 3110.